The third kappa shape index (κ3) is 3.08. The smallest absolute Gasteiger partial charge is 0.257 e. The molecule has 1 amide bonds. The summed E-state index contributed by atoms with van der Waals surface area (Å²) in [5.74, 6) is -2.42. The fourth-order valence-corrected chi connectivity index (χ4v) is 2.20. The van der Waals surface area contributed by atoms with Gasteiger partial charge in [0.2, 0.25) is 0 Å². The van der Waals surface area contributed by atoms with Gasteiger partial charge in [0, 0.05) is 16.2 Å². The van der Waals surface area contributed by atoms with E-state index < -0.39 is 17.5 Å². The zero-order valence-electron chi connectivity index (χ0n) is 9.88. The lowest BCUT2D eigenvalue weighted by Crippen LogP contribution is -2.15. The van der Waals surface area contributed by atoms with Crippen LogP contribution < -0.4 is 11.1 Å². The number of nitrogen functional groups attached to an aromatic ring is 1. The first-order valence-electron chi connectivity index (χ1n) is 5.39. The van der Waals surface area contributed by atoms with E-state index in [0.717, 1.165) is 6.07 Å². The van der Waals surface area contributed by atoms with E-state index in [0.29, 0.717) is 10.5 Å². The van der Waals surface area contributed by atoms with Gasteiger partial charge in [-0.05, 0) is 24.3 Å². The number of nitrogens with two attached hydrogens (primary N) is 1. The normalized spacial score (nSPS) is 10.4. The highest BCUT2D eigenvalue weighted by Crippen LogP contribution is 2.27. The van der Waals surface area contributed by atoms with Gasteiger partial charge in [0.1, 0.15) is 5.82 Å². The van der Waals surface area contributed by atoms with Crippen molar-refractivity contribution in [3.63, 3.8) is 0 Å². The van der Waals surface area contributed by atoms with Crippen molar-refractivity contribution >= 4 is 44.8 Å². The summed E-state index contributed by atoms with van der Waals surface area (Å²) in [4.78, 5) is 12.0. The van der Waals surface area contributed by atoms with Crippen molar-refractivity contribution in [2.45, 2.75) is 0 Å². The quantitative estimate of drug-likeness (QED) is 0.787. The van der Waals surface area contributed by atoms with Crippen molar-refractivity contribution in [2.24, 2.45) is 0 Å². The van der Waals surface area contributed by atoms with E-state index in [1.807, 2.05) is 0 Å². The lowest BCUT2D eigenvalue weighted by Gasteiger charge is -2.10. The molecule has 0 radical (unpaired) electrons. The summed E-state index contributed by atoms with van der Waals surface area (Å²) in [6.07, 6.45) is 0. The number of nitrogens with one attached hydrogen (secondary N) is 1. The number of hydrogen-bond acceptors (Lipinski definition) is 2. The van der Waals surface area contributed by atoms with Crippen molar-refractivity contribution in [3.8, 4) is 0 Å². The van der Waals surface area contributed by atoms with Crippen LogP contribution in [0.4, 0.5) is 20.2 Å². The van der Waals surface area contributed by atoms with Gasteiger partial charge >= 0.3 is 0 Å². The first-order valence-corrected chi connectivity index (χ1v) is 6.56. The molecule has 0 heterocycles. The van der Waals surface area contributed by atoms with Crippen molar-refractivity contribution in [1.29, 1.82) is 0 Å². The van der Waals surface area contributed by atoms with E-state index in [9.17, 15) is 13.6 Å². The molecule has 0 saturated carbocycles. The molecule has 2 aromatic carbocycles. The summed E-state index contributed by atoms with van der Waals surface area (Å²) in [7, 11) is 0. The Morgan fingerprint density at radius 1 is 1.25 bits per heavy atom. The van der Waals surface area contributed by atoms with Crippen LogP contribution in [0.5, 0.6) is 0 Å². The average molecular weight is 362 g/mol. The highest BCUT2D eigenvalue weighted by Gasteiger charge is 2.16. The molecule has 7 heteroatoms. The molecule has 104 valence electrons. The Kier molecular flexibility index (Phi) is 4.25. The number of benzene rings is 2. The molecule has 0 atom stereocenters. The van der Waals surface area contributed by atoms with E-state index in [2.05, 4.69) is 21.2 Å². The first-order chi connectivity index (χ1) is 9.38. The van der Waals surface area contributed by atoms with E-state index in [4.69, 9.17) is 17.3 Å². The van der Waals surface area contributed by atoms with Gasteiger partial charge in [0.25, 0.3) is 5.91 Å². The molecular weight excluding hydrogens is 354 g/mol. The maximum absolute atomic E-state index is 13.6. The van der Waals surface area contributed by atoms with Gasteiger partial charge in [-0.25, -0.2) is 8.78 Å². The number of halogens is 4. The number of amides is 1. The molecule has 0 aliphatic heterocycles. The highest BCUT2D eigenvalue weighted by atomic mass is 79.9. The maximum atomic E-state index is 13.6. The fourth-order valence-electron chi connectivity index (χ4n) is 1.58. The predicted octanol–water partition coefficient (Wildman–Crippen LogP) is 4.22. The Balaban J connectivity index is 2.33. The molecule has 20 heavy (non-hydrogen) atoms. The van der Waals surface area contributed by atoms with Gasteiger partial charge in [-0.1, -0.05) is 27.5 Å². The minimum atomic E-state index is -0.959. The van der Waals surface area contributed by atoms with Crippen LogP contribution in [0.25, 0.3) is 0 Å². The Morgan fingerprint density at radius 3 is 2.55 bits per heavy atom. The van der Waals surface area contributed by atoms with E-state index in [1.165, 1.54) is 12.1 Å². The highest BCUT2D eigenvalue weighted by molar-refractivity contribution is 9.10. The third-order valence-corrected chi connectivity index (χ3v) is 3.29. The van der Waals surface area contributed by atoms with Gasteiger partial charge in [-0.15, -0.1) is 0 Å². The predicted molar refractivity (Wildman–Crippen MR) is 77.9 cm³/mol. The number of rotatable bonds is 2. The van der Waals surface area contributed by atoms with Crippen LogP contribution in [0.15, 0.2) is 34.8 Å². The fraction of sp³-hybridized carbons (Fsp3) is 0. The van der Waals surface area contributed by atoms with Crippen molar-refractivity contribution in [3.05, 3.63) is 57.0 Å². The summed E-state index contributed by atoms with van der Waals surface area (Å²) in [5.41, 5.74) is 5.79. The summed E-state index contributed by atoms with van der Waals surface area (Å²) >= 11 is 8.91. The second-order valence-electron chi connectivity index (χ2n) is 3.93. The van der Waals surface area contributed by atoms with Crippen LogP contribution in [0.1, 0.15) is 10.4 Å². The molecule has 0 spiro atoms. The van der Waals surface area contributed by atoms with E-state index >= 15 is 0 Å². The second-order valence-corrected chi connectivity index (χ2v) is 5.25. The Labute approximate surface area is 126 Å². The molecule has 0 aliphatic rings. The SMILES string of the molecule is Nc1cc(Br)ccc1C(=O)Nc1c(F)cc(F)cc1Cl. The molecule has 0 bridgehead atoms. The maximum Gasteiger partial charge on any atom is 0.257 e. The van der Waals surface area contributed by atoms with Crippen LogP contribution in [0, 0.1) is 11.6 Å². The Morgan fingerprint density at radius 2 is 1.95 bits per heavy atom. The van der Waals surface area contributed by atoms with Crippen LogP contribution in [0.3, 0.4) is 0 Å². The molecule has 0 unspecified atom stereocenters. The van der Waals surface area contributed by atoms with Gasteiger partial charge in [-0.3, -0.25) is 4.79 Å². The van der Waals surface area contributed by atoms with Crippen molar-refractivity contribution < 1.29 is 13.6 Å². The van der Waals surface area contributed by atoms with Crippen LogP contribution in [-0.4, -0.2) is 5.91 Å². The summed E-state index contributed by atoms with van der Waals surface area (Å²) in [6.45, 7) is 0. The standard InChI is InChI=1S/C13H8BrClF2N2O/c14-6-1-2-8(11(18)3-6)13(20)19-12-9(15)4-7(16)5-10(12)17/h1-5H,18H2,(H,19,20). The topological polar surface area (TPSA) is 55.1 Å². The molecule has 0 saturated heterocycles. The average Bonchev–Trinajstić information content (AvgIpc) is 2.33. The largest absolute Gasteiger partial charge is 0.398 e. The Hall–Kier alpha value is -1.66. The summed E-state index contributed by atoms with van der Waals surface area (Å²) in [5, 5.41) is 2.04. The molecule has 2 aromatic rings. The van der Waals surface area contributed by atoms with Crippen molar-refractivity contribution in [2.75, 3.05) is 11.1 Å². The minimum absolute atomic E-state index is 0.160. The molecule has 3 nitrogen and oxygen atoms in total. The number of carbonyl (C=O) groups excluding carboxylic acids is 1. The zero-order valence-corrected chi connectivity index (χ0v) is 12.2. The minimum Gasteiger partial charge on any atom is -0.398 e. The van der Waals surface area contributed by atoms with Crippen LogP contribution in [0.2, 0.25) is 5.02 Å². The van der Waals surface area contributed by atoms with E-state index in [1.54, 1.807) is 6.07 Å². The first kappa shape index (κ1) is 14.7. The van der Waals surface area contributed by atoms with Gasteiger partial charge in [0.15, 0.2) is 5.82 Å². The number of anilines is 2. The lowest BCUT2D eigenvalue weighted by atomic mass is 10.1. The van der Waals surface area contributed by atoms with Crippen LogP contribution >= 0.6 is 27.5 Å². The van der Waals surface area contributed by atoms with E-state index in [-0.39, 0.29) is 22.0 Å². The second kappa shape index (κ2) is 5.76. The zero-order chi connectivity index (χ0) is 14.9. The molecule has 2 rings (SSSR count). The Bertz CT molecular complexity index is 671. The molecule has 3 N–H and O–H groups in total. The van der Waals surface area contributed by atoms with Crippen molar-refractivity contribution in [1.82, 2.24) is 0 Å². The van der Waals surface area contributed by atoms with Gasteiger partial charge < -0.3 is 11.1 Å². The lowest BCUT2D eigenvalue weighted by molar-refractivity contribution is 0.102. The molecule has 0 aromatic heterocycles. The van der Waals surface area contributed by atoms with Gasteiger partial charge in [-0.2, -0.15) is 0 Å². The number of hydrogen-bond donors (Lipinski definition) is 2. The van der Waals surface area contributed by atoms with Gasteiger partial charge in [0.05, 0.1) is 16.3 Å². The van der Waals surface area contributed by atoms with Crippen LogP contribution in [-0.2, 0) is 0 Å². The molecule has 0 aliphatic carbocycles. The molecule has 0 fully saturated rings. The third-order valence-electron chi connectivity index (χ3n) is 2.50. The number of carbonyl (C=O) groups is 1. The summed E-state index contributed by atoms with van der Waals surface area (Å²) in [6, 6.07) is 6.17. The molecular formula is C13H8BrClF2N2O. The monoisotopic (exact) mass is 360 g/mol. The summed E-state index contributed by atoms with van der Waals surface area (Å²) < 4.78 is 27.2.